The summed E-state index contributed by atoms with van der Waals surface area (Å²) in [4.78, 5) is 11.9. The fourth-order valence-electron chi connectivity index (χ4n) is 1.65. The second-order valence-corrected chi connectivity index (χ2v) is 4.85. The Bertz CT molecular complexity index is 464. The number of hydrogen-bond donors (Lipinski definition) is 3. The van der Waals surface area contributed by atoms with Gasteiger partial charge < -0.3 is 15.5 Å². The first-order valence-corrected chi connectivity index (χ1v) is 6.67. The number of hydrogen-bond acceptors (Lipinski definition) is 5. The number of aryl methyl sites for hydroxylation is 1. The van der Waals surface area contributed by atoms with Crippen LogP contribution >= 0.6 is 11.6 Å². The molecule has 0 aliphatic carbocycles. The highest BCUT2D eigenvalue weighted by Crippen LogP contribution is 2.22. The van der Waals surface area contributed by atoms with Crippen LogP contribution in [0.4, 0.5) is 5.69 Å². The van der Waals surface area contributed by atoms with Crippen molar-refractivity contribution >= 4 is 17.3 Å². The largest absolute Gasteiger partial charge is 0.394 e. The highest BCUT2D eigenvalue weighted by Gasteiger charge is 2.27. The minimum Gasteiger partial charge on any atom is -0.394 e. The molecule has 0 aliphatic heterocycles. The predicted molar refractivity (Wildman–Crippen MR) is 74.6 cm³/mol. The Morgan fingerprint density at radius 2 is 2.05 bits per heavy atom. The van der Waals surface area contributed by atoms with Gasteiger partial charge in [0.05, 0.1) is 30.6 Å². The van der Waals surface area contributed by atoms with E-state index in [1.54, 1.807) is 0 Å². The lowest BCUT2D eigenvalue weighted by molar-refractivity contribution is 0.132. The number of aromatic nitrogens is 2. The van der Waals surface area contributed by atoms with Crippen molar-refractivity contribution in [2.45, 2.75) is 38.8 Å². The monoisotopic (exact) mass is 289 g/mol. The van der Waals surface area contributed by atoms with Gasteiger partial charge in [-0.3, -0.25) is 4.79 Å². The number of aliphatic hydroxyl groups is 2. The van der Waals surface area contributed by atoms with Gasteiger partial charge in [-0.25, -0.2) is 4.68 Å². The van der Waals surface area contributed by atoms with Crippen molar-refractivity contribution < 1.29 is 10.2 Å². The second-order valence-electron chi connectivity index (χ2n) is 4.48. The molecule has 1 aromatic rings. The number of anilines is 1. The van der Waals surface area contributed by atoms with Crippen LogP contribution in [0.3, 0.4) is 0 Å². The lowest BCUT2D eigenvalue weighted by Gasteiger charge is -2.31. The van der Waals surface area contributed by atoms with Crippen molar-refractivity contribution in [1.82, 2.24) is 9.78 Å². The lowest BCUT2D eigenvalue weighted by atomic mass is 9.98. The molecule has 1 aromatic heterocycles. The zero-order chi connectivity index (χ0) is 14.5. The first kappa shape index (κ1) is 15.9. The van der Waals surface area contributed by atoms with Crippen LogP contribution in [-0.4, -0.2) is 38.7 Å². The van der Waals surface area contributed by atoms with Crippen LogP contribution in [0.25, 0.3) is 0 Å². The Hall–Kier alpha value is -1.11. The normalized spacial score (nSPS) is 11.6. The smallest absolute Gasteiger partial charge is 0.287 e. The topological polar surface area (TPSA) is 87.4 Å². The molecule has 19 heavy (non-hydrogen) atoms. The van der Waals surface area contributed by atoms with Gasteiger partial charge in [0.25, 0.3) is 5.56 Å². The van der Waals surface area contributed by atoms with Crippen LogP contribution in [0.5, 0.6) is 0 Å². The molecule has 0 aromatic carbocycles. The van der Waals surface area contributed by atoms with Crippen LogP contribution in [0.1, 0.15) is 26.7 Å². The SMILES string of the molecule is CCCn1ncc(NC(CC)(CO)CO)c(Cl)c1=O. The van der Waals surface area contributed by atoms with Crippen LogP contribution in [0.15, 0.2) is 11.0 Å². The first-order chi connectivity index (χ1) is 9.03. The number of halogens is 1. The average molecular weight is 290 g/mol. The highest BCUT2D eigenvalue weighted by atomic mass is 35.5. The number of aliphatic hydroxyl groups excluding tert-OH is 2. The van der Waals surface area contributed by atoms with Crippen LogP contribution < -0.4 is 10.9 Å². The molecule has 0 atom stereocenters. The van der Waals surface area contributed by atoms with Crippen molar-refractivity contribution in [3.63, 3.8) is 0 Å². The molecule has 0 aliphatic rings. The molecule has 3 N–H and O–H groups in total. The molecule has 1 rings (SSSR count). The van der Waals surface area contributed by atoms with E-state index in [0.717, 1.165) is 6.42 Å². The molecule has 0 saturated heterocycles. The third-order valence-electron chi connectivity index (χ3n) is 3.10. The molecule has 0 bridgehead atoms. The Kier molecular flexibility index (Phi) is 5.78. The summed E-state index contributed by atoms with van der Waals surface area (Å²) in [7, 11) is 0. The molecule has 0 unspecified atom stereocenters. The molecule has 1 heterocycles. The third kappa shape index (κ3) is 3.46. The zero-order valence-corrected chi connectivity index (χ0v) is 11.9. The summed E-state index contributed by atoms with van der Waals surface area (Å²) in [6.07, 6.45) is 2.70. The van der Waals surface area contributed by atoms with Gasteiger partial charge in [0, 0.05) is 6.54 Å². The summed E-state index contributed by atoms with van der Waals surface area (Å²) < 4.78 is 1.29. The lowest BCUT2D eigenvalue weighted by Crippen LogP contribution is -2.45. The first-order valence-electron chi connectivity index (χ1n) is 6.29. The van der Waals surface area contributed by atoms with Crippen molar-refractivity contribution in [2.75, 3.05) is 18.5 Å². The summed E-state index contributed by atoms with van der Waals surface area (Å²) in [6.45, 7) is 3.72. The van der Waals surface area contributed by atoms with E-state index < -0.39 is 5.54 Å². The maximum atomic E-state index is 11.9. The van der Waals surface area contributed by atoms with E-state index in [0.29, 0.717) is 18.7 Å². The van der Waals surface area contributed by atoms with Crippen molar-refractivity contribution in [2.24, 2.45) is 0 Å². The molecular formula is C12H20ClN3O3. The van der Waals surface area contributed by atoms with Gasteiger partial charge in [-0.2, -0.15) is 5.10 Å². The molecule has 6 nitrogen and oxygen atoms in total. The van der Waals surface area contributed by atoms with Crippen molar-refractivity contribution in [3.05, 3.63) is 21.6 Å². The minimum atomic E-state index is -0.908. The molecule has 108 valence electrons. The molecule has 0 spiro atoms. The second kappa shape index (κ2) is 6.88. The summed E-state index contributed by atoms with van der Waals surface area (Å²) in [5.74, 6) is 0. The van der Waals surface area contributed by atoms with E-state index in [-0.39, 0.29) is 23.8 Å². The standard InChI is InChI=1S/C12H20ClN3O3/c1-3-5-16-11(19)10(13)9(6-14-16)15-12(4-2,7-17)8-18/h6,15,17-18H,3-5,7-8H2,1-2H3. The molecule has 0 amide bonds. The average Bonchev–Trinajstić information content (AvgIpc) is 2.44. The van der Waals surface area contributed by atoms with Gasteiger partial charge in [0.15, 0.2) is 0 Å². The fraction of sp³-hybridized carbons (Fsp3) is 0.667. The minimum absolute atomic E-state index is 0.0168. The highest BCUT2D eigenvalue weighted by molar-refractivity contribution is 6.32. The van der Waals surface area contributed by atoms with Gasteiger partial charge >= 0.3 is 0 Å². The van der Waals surface area contributed by atoms with Gasteiger partial charge in [0.1, 0.15) is 5.02 Å². The Balaban J connectivity index is 3.09. The Morgan fingerprint density at radius 3 is 2.53 bits per heavy atom. The number of nitrogens with one attached hydrogen (secondary N) is 1. The van der Waals surface area contributed by atoms with Crippen LogP contribution in [0.2, 0.25) is 5.02 Å². The van der Waals surface area contributed by atoms with Gasteiger partial charge in [-0.1, -0.05) is 25.4 Å². The molecule has 7 heteroatoms. The van der Waals surface area contributed by atoms with Gasteiger partial charge in [0.2, 0.25) is 0 Å². The maximum Gasteiger partial charge on any atom is 0.287 e. The number of nitrogens with zero attached hydrogens (tertiary/aromatic N) is 2. The van der Waals surface area contributed by atoms with Crippen LogP contribution in [0, 0.1) is 0 Å². The fourth-order valence-corrected chi connectivity index (χ4v) is 1.84. The summed E-state index contributed by atoms with van der Waals surface area (Å²) in [5, 5.41) is 25.7. The van der Waals surface area contributed by atoms with E-state index in [1.165, 1.54) is 10.9 Å². The summed E-state index contributed by atoms with van der Waals surface area (Å²) in [5.41, 5.74) is -0.965. The molecule has 0 radical (unpaired) electrons. The van der Waals surface area contributed by atoms with E-state index >= 15 is 0 Å². The summed E-state index contributed by atoms with van der Waals surface area (Å²) in [6, 6.07) is 0. The summed E-state index contributed by atoms with van der Waals surface area (Å²) >= 11 is 6.01. The van der Waals surface area contributed by atoms with Gasteiger partial charge in [-0.15, -0.1) is 0 Å². The molecule has 0 fully saturated rings. The van der Waals surface area contributed by atoms with Gasteiger partial charge in [-0.05, 0) is 12.8 Å². The van der Waals surface area contributed by atoms with E-state index in [2.05, 4.69) is 10.4 Å². The number of rotatable bonds is 7. The van der Waals surface area contributed by atoms with E-state index in [9.17, 15) is 15.0 Å². The van der Waals surface area contributed by atoms with Crippen molar-refractivity contribution in [3.8, 4) is 0 Å². The third-order valence-corrected chi connectivity index (χ3v) is 3.47. The van der Waals surface area contributed by atoms with Crippen molar-refractivity contribution in [1.29, 1.82) is 0 Å². The maximum absolute atomic E-state index is 11.9. The zero-order valence-electron chi connectivity index (χ0n) is 11.2. The Labute approximate surface area is 117 Å². The van der Waals surface area contributed by atoms with Crippen LogP contribution in [-0.2, 0) is 6.54 Å². The molecular weight excluding hydrogens is 270 g/mol. The van der Waals surface area contributed by atoms with E-state index in [4.69, 9.17) is 11.6 Å². The van der Waals surface area contributed by atoms with E-state index in [1.807, 2.05) is 13.8 Å². The predicted octanol–water partition coefficient (Wildman–Crippen LogP) is 0.852. The quantitative estimate of drug-likeness (QED) is 0.693. The molecule has 0 saturated carbocycles. The Morgan fingerprint density at radius 1 is 1.42 bits per heavy atom.